The molecule has 0 radical (unpaired) electrons. The van der Waals surface area contributed by atoms with Crippen molar-refractivity contribution in [3.8, 4) is 0 Å². The Morgan fingerprint density at radius 1 is 1.11 bits per heavy atom. The fraction of sp³-hybridized carbons (Fsp3) is 0.286. The first-order valence-electron chi connectivity index (χ1n) is 6.05. The Labute approximate surface area is 107 Å². The third-order valence-corrected chi connectivity index (χ3v) is 2.77. The van der Waals surface area contributed by atoms with Crippen molar-refractivity contribution >= 4 is 11.6 Å². The van der Waals surface area contributed by atoms with Gasteiger partial charge >= 0.3 is 0 Å². The zero-order valence-electron chi connectivity index (χ0n) is 10.7. The SMILES string of the molecule is CC(C)c1ccc(CNc2ncc(N)cn2)cc1. The minimum atomic E-state index is 0.562. The predicted octanol–water partition coefficient (Wildman–Crippen LogP) is 2.79. The standard InChI is InChI=1S/C14H18N4/c1-10(2)12-5-3-11(4-6-12)7-16-14-17-8-13(15)9-18-14/h3-6,8-10H,7,15H2,1-2H3,(H,16,17,18). The van der Waals surface area contributed by atoms with Gasteiger partial charge in [0, 0.05) is 6.54 Å². The Morgan fingerprint density at radius 2 is 1.72 bits per heavy atom. The van der Waals surface area contributed by atoms with Crippen molar-refractivity contribution in [2.75, 3.05) is 11.1 Å². The van der Waals surface area contributed by atoms with Crippen molar-refractivity contribution in [3.63, 3.8) is 0 Å². The van der Waals surface area contributed by atoms with Crippen molar-refractivity contribution in [1.29, 1.82) is 0 Å². The van der Waals surface area contributed by atoms with Gasteiger partial charge in [-0.05, 0) is 17.0 Å². The first-order valence-corrected chi connectivity index (χ1v) is 6.05. The average molecular weight is 242 g/mol. The van der Waals surface area contributed by atoms with E-state index in [-0.39, 0.29) is 0 Å². The number of anilines is 2. The zero-order valence-corrected chi connectivity index (χ0v) is 10.7. The van der Waals surface area contributed by atoms with Gasteiger partial charge in [-0.15, -0.1) is 0 Å². The second kappa shape index (κ2) is 5.49. The lowest BCUT2D eigenvalue weighted by Crippen LogP contribution is -2.04. The van der Waals surface area contributed by atoms with E-state index in [0.29, 0.717) is 24.1 Å². The number of nitrogens with one attached hydrogen (secondary N) is 1. The summed E-state index contributed by atoms with van der Waals surface area (Å²) in [7, 11) is 0. The van der Waals surface area contributed by atoms with Crippen LogP contribution in [0, 0.1) is 0 Å². The molecule has 1 heterocycles. The van der Waals surface area contributed by atoms with Crippen LogP contribution in [-0.4, -0.2) is 9.97 Å². The average Bonchev–Trinajstić information content (AvgIpc) is 2.38. The molecule has 4 heteroatoms. The third-order valence-electron chi connectivity index (χ3n) is 2.77. The molecule has 0 fully saturated rings. The third kappa shape index (κ3) is 3.20. The molecule has 0 saturated carbocycles. The molecule has 0 spiro atoms. The van der Waals surface area contributed by atoms with Gasteiger partial charge in [0.05, 0.1) is 18.1 Å². The lowest BCUT2D eigenvalue weighted by atomic mass is 10.0. The summed E-state index contributed by atoms with van der Waals surface area (Å²) in [5.41, 5.74) is 8.65. The number of nitrogen functional groups attached to an aromatic ring is 1. The van der Waals surface area contributed by atoms with E-state index in [1.165, 1.54) is 11.1 Å². The molecule has 4 nitrogen and oxygen atoms in total. The molecule has 1 aromatic carbocycles. The van der Waals surface area contributed by atoms with Gasteiger partial charge < -0.3 is 11.1 Å². The molecule has 2 aromatic rings. The molecule has 0 unspecified atom stereocenters. The first-order chi connectivity index (χ1) is 8.65. The van der Waals surface area contributed by atoms with Crippen molar-refractivity contribution in [1.82, 2.24) is 9.97 Å². The molecule has 0 bridgehead atoms. The Balaban J connectivity index is 1.95. The highest BCUT2D eigenvalue weighted by Gasteiger charge is 2.00. The topological polar surface area (TPSA) is 63.8 Å². The largest absolute Gasteiger partial charge is 0.396 e. The Morgan fingerprint density at radius 3 is 2.28 bits per heavy atom. The molecule has 18 heavy (non-hydrogen) atoms. The van der Waals surface area contributed by atoms with Crippen LogP contribution in [0.15, 0.2) is 36.7 Å². The van der Waals surface area contributed by atoms with Crippen LogP contribution in [0.2, 0.25) is 0 Å². The first kappa shape index (κ1) is 12.4. The van der Waals surface area contributed by atoms with Crippen molar-refractivity contribution in [2.45, 2.75) is 26.3 Å². The van der Waals surface area contributed by atoms with E-state index in [2.05, 4.69) is 53.4 Å². The van der Waals surface area contributed by atoms with E-state index < -0.39 is 0 Å². The number of benzene rings is 1. The smallest absolute Gasteiger partial charge is 0.222 e. The molecule has 2 rings (SSSR count). The van der Waals surface area contributed by atoms with Gasteiger partial charge in [0.1, 0.15) is 0 Å². The van der Waals surface area contributed by atoms with E-state index in [0.717, 1.165) is 0 Å². The normalized spacial score (nSPS) is 10.6. The lowest BCUT2D eigenvalue weighted by molar-refractivity contribution is 0.865. The number of nitrogens with two attached hydrogens (primary N) is 1. The van der Waals surface area contributed by atoms with Crippen LogP contribution in [0.3, 0.4) is 0 Å². The number of nitrogens with zero attached hydrogens (tertiary/aromatic N) is 2. The number of hydrogen-bond acceptors (Lipinski definition) is 4. The molecular weight excluding hydrogens is 224 g/mol. The van der Waals surface area contributed by atoms with Gasteiger partial charge in [-0.1, -0.05) is 38.1 Å². The molecule has 3 N–H and O–H groups in total. The Kier molecular flexibility index (Phi) is 3.77. The maximum absolute atomic E-state index is 5.53. The molecule has 0 aliphatic carbocycles. The summed E-state index contributed by atoms with van der Waals surface area (Å²) < 4.78 is 0. The maximum atomic E-state index is 5.53. The molecule has 0 aliphatic heterocycles. The molecular formula is C14H18N4. The van der Waals surface area contributed by atoms with Crippen LogP contribution in [0.4, 0.5) is 11.6 Å². The summed E-state index contributed by atoms with van der Waals surface area (Å²) in [6.07, 6.45) is 3.19. The van der Waals surface area contributed by atoms with Crippen LogP contribution in [-0.2, 0) is 6.54 Å². The molecule has 94 valence electrons. The van der Waals surface area contributed by atoms with E-state index in [9.17, 15) is 0 Å². The van der Waals surface area contributed by atoms with Gasteiger partial charge in [0.25, 0.3) is 0 Å². The van der Waals surface area contributed by atoms with Crippen molar-refractivity contribution in [2.24, 2.45) is 0 Å². The van der Waals surface area contributed by atoms with Crippen LogP contribution in [0.25, 0.3) is 0 Å². The second-order valence-corrected chi connectivity index (χ2v) is 4.59. The van der Waals surface area contributed by atoms with Gasteiger partial charge in [-0.25, -0.2) is 9.97 Å². The summed E-state index contributed by atoms with van der Waals surface area (Å²) in [5.74, 6) is 1.16. The Hall–Kier alpha value is -2.10. The summed E-state index contributed by atoms with van der Waals surface area (Å²) in [5, 5.41) is 3.16. The molecule has 1 aromatic heterocycles. The molecule has 0 atom stereocenters. The van der Waals surface area contributed by atoms with E-state index >= 15 is 0 Å². The van der Waals surface area contributed by atoms with E-state index in [1.54, 1.807) is 12.4 Å². The zero-order chi connectivity index (χ0) is 13.0. The quantitative estimate of drug-likeness (QED) is 0.865. The van der Waals surface area contributed by atoms with Gasteiger partial charge in [-0.3, -0.25) is 0 Å². The van der Waals surface area contributed by atoms with Crippen molar-refractivity contribution < 1.29 is 0 Å². The predicted molar refractivity (Wildman–Crippen MR) is 74.3 cm³/mol. The number of aromatic nitrogens is 2. The van der Waals surface area contributed by atoms with Crippen molar-refractivity contribution in [3.05, 3.63) is 47.8 Å². The second-order valence-electron chi connectivity index (χ2n) is 4.59. The highest BCUT2D eigenvalue weighted by molar-refractivity contribution is 5.36. The highest BCUT2D eigenvalue weighted by Crippen LogP contribution is 2.15. The fourth-order valence-corrected chi connectivity index (χ4v) is 1.63. The van der Waals surface area contributed by atoms with Crippen LogP contribution < -0.4 is 11.1 Å². The lowest BCUT2D eigenvalue weighted by Gasteiger charge is -2.08. The van der Waals surface area contributed by atoms with Crippen LogP contribution in [0.5, 0.6) is 0 Å². The number of hydrogen-bond donors (Lipinski definition) is 2. The van der Waals surface area contributed by atoms with Crippen LogP contribution >= 0.6 is 0 Å². The summed E-state index contributed by atoms with van der Waals surface area (Å²) in [6, 6.07) is 8.57. The highest BCUT2D eigenvalue weighted by atomic mass is 15.1. The minimum Gasteiger partial charge on any atom is -0.396 e. The summed E-state index contributed by atoms with van der Waals surface area (Å²) in [6.45, 7) is 5.09. The van der Waals surface area contributed by atoms with Gasteiger partial charge in [0.2, 0.25) is 5.95 Å². The van der Waals surface area contributed by atoms with E-state index in [1.807, 2.05) is 0 Å². The van der Waals surface area contributed by atoms with Crippen LogP contribution in [0.1, 0.15) is 30.9 Å². The van der Waals surface area contributed by atoms with E-state index in [4.69, 9.17) is 5.73 Å². The summed E-state index contributed by atoms with van der Waals surface area (Å²) in [4.78, 5) is 8.18. The monoisotopic (exact) mass is 242 g/mol. The summed E-state index contributed by atoms with van der Waals surface area (Å²) >= 11 is 0. The molecule has 0 saturated heterocycles. The van der Waals surface area contributed by atoms with Gasteiger partial charge in [-0.2, -0.15) is 0 Å². The minimum absolute atomic E-state index is 0.562. The fourth-order valence-electron chi connectivity index (χ4n) is 1.63. The molecule has 0 aliphatic rings. The number of rotatable bonds is 4. The Bertz CT molecular complexity index is 488. The van der Waals surface area contributed by atoms with Gasteiger partial charge in [0.15, 0.2) is 0 Å². The molecule has 0 amide bonds. The maximum Gasteiger partial charge on any atom is 0.222 e.